The van der Waals surface area contributed by atoms with E-state index in [9.17, 15) is 9.59 Å². The number of anilines is 1. The first-order valence-corrected chi connectivity index (χ1v) is 11.2. The fourth-order valence-corrected chi connectivity index (χ4v) is 4.38. The van der Waals surface area contributed by atoms with E-state index in [4.69, 9.17) is 16.6 Å². The highest BCUT2D eigenvalue weighted by atomic mass is 35.5. The highest BCUT2D eigenvalue weighted by Gasteiger charge is 2.29. The van der Waals surface area contributed by atoms with Crippen molar-refractivity contribution in [3.63, 3.8) is 0 Å². The summed E-state index contributed by atoms with van der Waals surface area (Å²) in [5, 5.41) is 3.46. The summed E-state index contributed by atoms with van der Waals surface area (Å²) in [4.78, 5) is 32.5. The molecule has 0 saturated carbocycles. The van der Waals surface area contributed by atoms with Gasteiger partial charge in [-0.1, -0.05) is 35.9 Å². The first-order valence-electron chi connectivity index (χ1n) is 10.8. The maximum atomic E-state index is 13.1. The normalized spacial score (nSPS) is 14.3. The smallest absolute Gasteiger partial charge is 0.257 e. The maximum Gasteiger partial charge on any atom is 0.257 e. The lowest BCUT2D eigenvalue weighted by Crippen LogP contribution is -2.38. The van der Waals surface area contributed by atoms with Gasteiger partial charge in [-0.2, -0.15) is 0 Å². The van der Waals surface area contributed by atoms with Gasteiger partial charge in [-0.05, 0) is 68.7 Å². The average Bonchev–Trinajstić information content (AvgIpc) is 2.79. The standard InChI is InChI=1S/C26H26ClN3O2/c1-17-6-5-7-20(16-17)29-25(31)22-11-10-18(2)28-24(22)19-12-14-30(15-13-19)26(32)21-8-3-4-9-23(21)27/h3-11,16,19H,12-15H2,1-2H3,(H,29,31). The van der Waals surface area contributed by atoms with Crippen molar-refractivity contribution in [3.8, 4) is 0 Å². The van der Waals surface area contributed by atoms with Crippen LogP contribution in [0.1, 0.15) is 56.4 Å². The molecular weight excluding hydrogens is 422 g/mol. The lowest BCUT2D eigenvalue weighted by molar-refractivity contribution is 0.0711. The molecule has 2 heterocycles. The van der Waals surface area contributed by atoms with Crippen molar-refractivity contribution in [2.45, 2.75) is 32.6 Å². The number of likely N-dealkylation sites (tertiary alicyclic amines) is 1. The quantitative estimate of drug-likeness (QED) is 0.564. The molecule has 32 heavy (non-hydrogen) atoms. The minimum absolute atomic E-state index is 0.0522. The van der Waals surface area contributed by atoms with E-state index in [1.807, 2.05) is 67.3 Å². The second-order valence-electron chi connectivity index (χ2n) is 8.26. The Morgan fingerprint density at radius 1 is 0.969 bits per heavy atom. The largest absolute Gasteiger partial charge is 0.339 e. The molecule has 0 atom stereocenters. The lowest BCUT2D eigenvalue weighted by atomic mass is 9.89. The summed E-state index contributed by atoms with van der Waals surface area (Å²) < 4.78 is 0. The Bertz CT molecular complexity index is 1150. The van der Waals surface area contributed by atoms with Gasteiger partial charge in [-0.15, -0.1) is 0 Å². The average molecular weight is 448 g/mol. The lowest BCUT2D eigenvalue weighted by Gasteiger charge is -2.32. The second-order valence-corrected chi connectivity index (χ2v) is 8.66. The molecule has 164 valence electrons. The van der Waals surface area contributed by atoms with E-state index in [0.29, 0.717) is 29.2 Å². The number of halogens is 1. The Hall–Kier alpha value is -3.18. The summed E-state index contributed by atoms with van der Waals surface area (Å²) in [7, 11) is 0. The molecule has 0 aliphatic carbocycles. The number of nitrogens with zero attached hydrogens (tertiary/aromatic N) is 2. The number of aryl methyl sites for hydroxylation is 2. The Labute approximate surface area is 193 Å². The van der Waals surface area contributed by atoms with Crippen molar-refractivity contribution < 1.29 is 9.59 Å². The van der Waals surface area contributed by atoms with Gasteiger partial charge in [0.15, 0.2) is 0 Å². The van der Waals surface area contributed by atoms with Crippen molar-refractivity contribution in [1.82, 2.24) is 9.88 Å². The number of hydrogen-bond donors (Lipinski definition) is 1. The van der Waals surface area contributed by atoms with E-state index < -0.39 is 0 Å². The minimum Gasteiger partial charge on any atom is -0.339 e. The number of piperidine rings is 1. The Morgan fingerprint density at radius 2 is 1.72 bits per heavy atom. The highest BCUT2D eigenvalue weighted by Crippen LogP contribution is 2.31. The molecule has 1 aliphatic heterocycles. The Morgan fingerprint density at radius 3 is 2.44 bits per heavy atom. The van der Waals surface area contributed by atoms with Gasteiger partial charge in [0.1, 0.15) is 0 Å². The van der Waals surface area contributed by atoms with Crippen molar-refractivity contribution in [2.24, 2.45) is 0 Å². The van der Waals surface area contributed by atoms with Crippen LogP contribution in [0.3, 0.4) is 0 Å². The molecule has 0 spiro atoms. The number of nitrogens with one attached hydrogen (secondary N) is 1. The number of rotatable bonds is 4. The summed E-state index contributed by atoms with van der Waals surface area (Å²) >= 11 is 6.21. The van der Waals surface area contributed by atoms with Gasteiger partial charge in [0.05, 0.1) is 21.8 Å². The third kappa shape index (κ3) is 4.83. The van der Waals surface area contributed by atoms with E-state index in [1.54, 1.807) is 12.1 Å². The van der Waals surface area contributed by atoms with Crippen LogP contribution in [0, 0.1) is 13.8 Å². The van der Waals surface area contributed by atoms with Crippen LogP contribution in [-0.4, -0.2) is 34.8 Å². The molecule has 0 bridgehead atoms. The number of amides is 2. The van der Waals surface area contributed by atoms with Crippen LogP contribution in [0.5, 0.6) is 0 Å². The predicted octanol–water partition coefficient (Wildman–Crippen LogP) is 5.62. The van der Waals surface area contributed by atoms with E-state index in [1.165, 1.54) is 0 Å². The van der Waals surface area contributed by atoms with E-state index in [0.717, 1.165) is 35.5 Å². The van der Waals surface area contributed by atoms with E-state index in [2.05, 4.69) is 5.32 Å². The SMILES string of the molecule is Cc1cccc(NC(=O)c2ccc(C)nc2C2CCN(C(=O)c3ccccc3Cl)CC2)c1. The van der Waals surface area contributed by atoms with Crippen LogP contribution < -0.4 is 5.32 Å². The van der Waals surface area contributed by atoms with Crippen molar-refractivity contribution in [1.29, 1.82) is 0 Å². The summed E-state index contributed by atoms with van der Waals surface area (Å²) in [6.07, 6.45) is 1.49. The molecule has 0 radical (unpaired) electrons. The van der Waals surface area contributed by atoms with Gasteiger partial charge in [0.25, 0.3) is 11.8 Å². The second kappa shape index (κ2) is 9.53. The zero-order valence-electron chi connectivity index (χ0n) is 18.3. The Balaban J connectivity index is 1.50. The maximum absolute atomic E-state index is 13.1. The van der Waals surface area contributed by atoms with Crippen molar-refractivity contribution >= 4 is 29.1 Å². The van der Waals surface area contributed by atoms with Gasteiger partial charge >= 0.3 is 0 Å². The summed E-state index contributed by atoms with van der Waals surface area (Å²) in [5.74, 6) is -0.0974. The van der Waals surface area contributed by atoms with Gasteiger partial charge in [-0.3, -0.25) is 14.6 Å². The van der Waals surface area contributed by atoms with Crippen LogP contribution in [0.4, 0.5) is 5.69 Å². The van der Waals surface area contributed by atoms with E-state index >= 15 is 0 Å². The van der Waals surface area contributed by atoms with Crippen molar-refractivity contribution in [2.75, 3.05) is 18.4 Å². The first-order chi connectivity index (χ1) is 15.4. The number of benzene rings is 2. The zero-order chi connectivity index (χ0) is 22.7. The molecule has 2 amide bonds. The molecule has 6 heteroatoms. The molecule has 1 saturated heterocycles. The van der Waals surface area contributed by atoms with Gasteiger partial charge in [-0.25, -0.2) is 0 Å². The van der Waals surface area contributed by atoms with Crippen LogP contribution >= 0.6 is 11.6 Å². The Kier molecular flexibility index (Phi) is 6.56. The molecule has 1 aromatic heterocycles. The minimum atomic E-state index is -0.160. The van der Waals surface area contributed by atoms with Gasteiger partial charge < -0.3 is 10.2 Å². The molecular formula is C26H26ClN3O2. The summed E-state index contributed by atoms with van der Waals surface area (Å²) in [5.41, 5.74) is 4.65. The molecule has 1 fully saturated rings. The fraction of sp³-hybridized carbons (Fsp3) is 0.269. The molecule has 3 aromatic rings. The van der Waals surface area contributed by atoms with Crippen LogP contribution in [0.25, 0.3) is 0 Å². The monoisotopic (exact) mass is 447 g/mol. The third-order valence-electron chi connectivity index (χ3n) is 5.86. The molecule has 0 unspecified atom stereocenters. The first kappa shape index (κ1) is 22.0. The van der Waals surface area contributed by atoms with Gasteiger partial charge in [0.2, 0.25) is 0 Å². The number of aromatic nitrogens is 1. The number of pyridine rings is 1. The third-order valence-corrected chi connectivity index (χ3v) is 6.19. The number of hydrogen-bond acceptors (Lipinski definition) is 3. The molecule has 4 rings (SSSR count). The molecule has 1 N–H and O–H groups in total. The molecule has 2 aromatic carbocycles. The van der Waals surface area contributed by atoms with Gasteiger partial charge in [0, 0.05) is 30.4 Å². The van der Waals surface area contributed by atoms with E-state index in [-0.39, 0.29) is 17.7 Å². The molecule has 5 nitrogen and oxygen atoms in total. The van der Waals surface area contributed by atoms with Crippen molar-refractivity contribution in [3.05, 3.63) is 93.8 Å². The zero-order valence-corrected chi connectivity index (χ0v) is 19.0. The van der Waals surface area contributed by atoms with Crippen LogP contribution in [-0.2, 0) is 0 Å². The predicted molar refractivity (Wildman–Crippen MR) is 127 cm³/mol. The number of carbonyl (C=O) groups is 2. The summed E-state index contributed by atoms with van der Waals surface area (Å²) in [6, 6.07) is 18.6. The summed E-state index contributed by atoms with van der Waals surface area (Å²) in [6.45, 7) is 5.13. The number of carbonyl (C=O) groups excluding carboxylic acids is 2. The van der Waals surface area contributed by atoms with Crippen LogP contribution in [0.2, 0.25) is 5.02 Å². The highest BCUT2D eigenvalue weighted by molar-refractivity contribution is 6.33. The topological polar surface area (TPSA) is 62.3 Å². The fourth-order valence-electron chi connectivity index (χ4n) is 4.16. The molecule has 1 aliphatic rings. The van der Waals surface area contributed by atoms with Crippen LogP contribution in [0.15, 0.2) is 60.7 Å².